The second-order valence-electron chi connectivity index (χ2n) is 3.93. The van der Waals surface area contributed by atoms with E-state index in [0.717, 1.165) is 5.56 Å². The highest BCUT2D eigenvalue weighted by Gasteiger charge is 2.09. The van der Waals surface area contributed by atoms with Crippen LogP contribution >= 0.6 is 11.6 Å². The Hall–Kier alpha value is -2.34. The summed E-state index contributed by atoms with van der Waals surface area (Å²) in [5.74, 6) is 1.20. The molecule has 1 N–H and O–H groups in total. The van der Waals surface area contributed by atoms with Gasteiger partial charge in [0, 0.05) is 23.2 Å². The van der Waals surface area contributed by atoms with Crippen molar-refractivity contribution in [3.05, 3.63) is 57.2 Å². The number of ether oxygens (including phenoxy) is 1. The molecule has 0 aliphatic rings. The molecule has 0 bridgehead atoms. The van der Waals surface area contributed by atoms with Crippen molar-refractivity contribution in [3.63, 3.8) is 0 Å². The van der Waals surface area contributed by atoms with Crippen LogP contribution in [0, 0.1) is 10.1 Å². The Bertz CT molecular complexity index is 617. The normalized spacial score (nSPS) is 10.1. The quantitative estimate of drug-likeness (QED) is 0.676. The van der Waals surface area contributed by atoms with E-state index >= 15 is 0 Å². The average Bonchev–Trinajstić information content (AvgIpc) is 2.46. The smallest absolute Gasteiger partial charge is 0.287 e. The van der Waals surface area contributed by atoms with Crippen molar-refractivity contribution in [2.75, 3.05) is 12.4 Å². The number of nitro groups is 1. The first kappa shape index (κ1) is 14.1. The van der Waals surface area contributed by atoms with Crippen LogP contribution in [-0.4, -0.2) is 17.0 Å². The summed E-state index contributed by atoms with van der Waals surface area (Å²) < 4.78 is 5.23. The molecule has 0 aliphatic heterocycles. The number of anilines is 1. The third-order valence-electron chi connectivity index (χ3n) is 2.70. The number of pyridine rings is 1. The fourth-order valence-electron chi connectivity index (χ4n) is 1.68. The summed E-state index contributed by atoms with van der Waals surface area (Å²) in [4.78, 5) is 14.0. The predicted octanol–water partition coefficient (Wildman–Crippen LogP) is 3.26. The Morgan fingerprint density at radius 1 is 1.40 bits per heavy atom. The number of nitrogens with zero attached hydrogens (tertiary/aromatic N) is 2. The molecule has 6 nitrogen and oxygen atoms in total. The molecule has 1 aromatic carbocycles. The summed E-state index contributed by atoms with van der Waals surface area (Å²) in [6, 6.07) is 8.31. The van der Waals surface area contributed by atoms with Crippen LogP contribution in [0.25, 0.3) is 0 Å². The summed E-state index contributed by atoms with van der Waals surface area (Å²) in [6.07, 6.45) is 1.20. The highest BCUT2D eigenvalue weighted by molar-refractivity contribution is 6.31. The molecule has 0 spiro atoms. The second-order valence-corrected chi connectivity index (χ2v) is 4.34. The Morgan fingerprint density at radius 3 is 2.80 bits per heavy atom. The van der Waals surface area contributed by atoms with E-state index in [0.29, 0.717) is 23.1 Å². The molecule has 0 radical (unpaired) electrons. The van der Waals surface area contributed by atoms with E-state index in [-0.39, 0.29) is 5.69 Å². The van der Waals surface area contributed by atoms with Gasteiger partial charge >= 0.3 is 0 Å². The van der Waals surface area contributed by atoms with E-state index in [9.17, 15) is 10.1 Å². The molecule has 7 heteroatoms. The van der Waals surface area contributed by atoms with E-state index in [2.05, 4.69) is 10.3 Å². The van der Waals surface area contributed by atoms with Gasteiger partial charge in [0.05, 0.1) is 12.0 Å². The Kier molecular flexibility index (Phi) is 4.37. The van der Waals surface area contributed by atoms with Gasteiger partial charge in [0.2, 0.25) is 0 Å². The Morgan fingerprint density at radius 2 is 2.20 bits per heavy atom. The molecule has 0 unspecified atom stereocenters. The molecule has 1 heterocycles. The lowest BCUT2D eigenvalue weighted by Gasteiger charge is -2.11. The van der Waals surface area contributed by atoms with E-state index in [1.165, 1.54) is 12.3 Å². The Balaban J connectivity index is 2.11. The maximum Gasteiger partial charge on any atom is 0.287 e. The fourth-order valence-corrected chi connectivity index (χ4v) is 1.91. The molecule has 104 valence electrons. The van der Waals surface area contributed by atoms with E-state index in [1.54, 1.807) is 25.3 Å². The van der Waals surface area contributed by atoms with Gasteiger partial charge in [-0.25, -0.2) is 4.98 Å². The van der Waals surface area contributed by atoms with Gasteiger partial charge in [-0.15, -0.1) is 0 Å². The van der Waals surface area contributed by atoms with Gasteiger partial charge in [0.1, 0.15) is 17.8 Å². The van der Waals surface area contributed by atoms with Gasteiger partial charge in [0.25, 0.3) is 5.69 Å². The lowest BCUT2D eigenvalue weighted by molar-refractivity contribution is -0.385. The van der Waals surface area contributed by atoms with Crippen LogP contribution < -0.4 is 10.1 Å². The Labute approximate surface area is 120 Å². The number of hydrogen-bond acceptors (Lipinski definition) is 5. The fraction of sp³-hybridized carbons (Fsp3) is 0.154. The lowest BCUT2D eigenvalue weighted by atomic mass is 10.2. The average molecular weight is 294 g/mol. The number of benzene rings is 1. The van der Waals surface area contributed by atoms with Crippen LogP contribution in [0.2, 0.25) is 5.02 Å². The van der Waals surface area contributed by atoms with Crippen molar-refractivity contribution in [2.24, 2.45) is 0 Å². The number of nitrogens with one attached hydrogen (secondary N) is 1. The molecule has 2 aromatic rings. The van der Waals surface area contributed by atoms with Crippen molar-refractivity contribution in [3.8, 4) is 5.75 Å². The standard InChI is InChI=1S/C13H12ClN3O3/c1-20-12-4-2-3-11(14)10(12)8-16-13-6-5-9(7-15-13)17(18)19/h2-7H,8H2,1H3,(H,15,16). The topological polar surface area (TPSA) is 77.3 Å². The maximum atomic E-state index is 10.5. The molecular formula is C13H12ClN3O3. The molecule has 0 atom stereocenters. The molecule has 20 heavy (non-hydrogen) atoms. The molecule has 0 amide bonds. The highest BCUT2D eigenvalue weighted by Crippen LogP contribution is 2.26. The van der Waals surface area contributed by atoms with E-state index in [1.807, 2.05) is 6.07 Å². The van der Waals surface area contributed by atoms with E-state index < -0.39 is 4.92 Å². The minimum atomic E-state index is -0.492. The second kappa shape index (κ2) is 6.21. The van der Waals surface area contributed by atoms with Gasteiger partial charge < -0.3 is 10.1 Å². The van der Waals surface area contributed by atoms with Crippen molar-refractivity contribution in [1.29, 1.82) is 0 Å². The SMILES string of the molecule is COc1cccc(Cl)c1CNc1ccc([N+](=O)[O-])cn1. The third kappa shape index (κ3) is 3.16. The van der Waals surface area contributed by atoms with Crippen molar-refractivity contribution >= 4 is 23.1 Å². The zero-order valence-corrected chi connectivity index (χ0v) is 11.4. The van der Waals surface area contributed by atoms with Crippen molar-refractivity contribution < 1.29 is 9.66 Å². The highest BCUT2D eigenvalue weighted by atomic mass is 35.5. The molecule has 0 fully saturated rings. The number of rotatable bonds is 5. The molecule has 0 saturated heterocycles. The van der Waals surface area contributed by atoms with Crippen LogP contribution in [0.1, 0.15) is 5.56 Å². The molecular weight excluding hydrogens is 282 g/mol. The number of hydrogen-bond donors (Lipinski definition) is 1. The minimum Gasteiger partial charge on any atom is -0.496 e. The largest absolute Gasteiger partial charge is 0.496 e. The monoisotopic (exact) mass is 293 g/mol. The molecule has 2 rings (SSSR count). The van der Waals surface area contributed by atoms with Crippen LogP contribution in [0.3, 0.4) is 0 Å². The summed E-state index contributed by atoms with van der Waals surface area (Å²) in [7, 11) is 1.57. The summed E-state index contributed by atoms with van der Waals surface area (Å²) in [6.45, 7) is 0.410. The first-order valence-corrected chi connectivity index (χ1v) is 6.15. The maximum absolute atomic E-state index is 10.5. The van der Waals surface area contributed by atoms with Gasteiger partial charge in [-0.05, 0) is 18.2 Å². The van der Waals surface area contributed by atoms with Crippen LogP contribution in [0.15, 0.2) is 36.5 Å². The van der Waals surface area contributed by atoms with Gasteiger partial charge in [-0.2, -0.15) is 0 Å². The molecule has 1 aromatic heterocycles. The first-order chi connectivity index (χ1) is 9.61. The molecule has 0 aliphatic carbocycles. The van der Waals surface area contributed by atoms with Crippen LogP contribution in [0.5, 0.6) is 5.75 Å². The van der Waals surface area contributed by atoms with Gasteiger partial charge in [-0.1, -0.05) is 17.7 Å². The van der Waals surface area contributed by atoms with Crippen LogP contribution in [-0.2, 0) is 6.54 Å². The summed E-state index contributed by atoms with van der Waals surface area (Å²) in [5.41, 5.74) is 0.752. The van der Waals surface area contributed by atoms with Gasteiger partial charge in [-0.3, -0.25) is 10.1 Å². The summed E-state index contributed by atoms with van der Waals surface area (Å²) >= 11 is 6.11. The number of aromatic nitrogens is 1. The lowest BCUT2D eigenvalue weighted by Crippen LogP contribution is -2.04. The third-order valence-corrected chi connectivity index (χ3v) is 3.05. The summed E-state index contributed by atoms with van der Waals surface area (Å²) in [5, 5.41) is 14.2. The van der Waals surface area contributed by atoms with Crippen LogP contribution in [0.4, 0.5) is 11.5 Å². The van der Waals surface area contributed by atoms with Crippen molar-refractivity contribution in [1.82, 2.24) is 4.98 Å². The number of methoxy groups -OCH3 is 1. The zero-order valence-electron chi connectivity index (χ0n) is 10.7. The molecule has 0 saturated carbocycles. The zero-order chi connectivity index (χ0) is 14.5. The number of halogens is 1. The van der Waals surface area contributed by atoms with Gasteiger partial charge in [0.15, 0.2) is 0 Å². The minimum absolute atomic E-state index is 0.0501. The predicted molar refractivity (Wildman–Crippen MR) is 76.2 cm³/mol. The van der Waals surface area contributed by atoms with E-state index in [4.69, 9.17) is 16.3 Å². The first-order valence-electron chi connectivity index (χ1n) is 5.77. The van der Waals surface area contributed by atoms with Crippen molar-refractivity contribution in [2.45, 2.75) is 6.54 Å².